The number of oxazole rings is 1. The fraction of sp³-hybridized carbons (Fsp3) is 0.278. The lowest BCUT2D eigenvalue weighted by Gasteiger charge is -2.21. The fourth-order valence-electron chi connectivity index (χ4n) is 2.55. The highest BCUT2D eigenvalue weighted by Crippen LogP contribution is 2.27. The number of benzene rings is 1. The number of rotatable bonds is 7. The first-order valence-electron chi connectivity index (χ1n) is 7.84. The molecule has 0 saturated carbocycles. The number of aromatic nitrogens is 1. The first kappa shape index (κ1) is 18.3. The summed E-state index contributed by atoms with van der Waals surface area (Å²) < 4.78 is 20.6. The first-order chi connectivity index (χ1) is 12.1. The maximum atomic E-state index is 14.0. The zero-order valence-corrected chi connectivity index (χ0v) is 16.1. The predicted octanol–water partition coefficient (Wildman–Crippen LogP) is 4.61. The third-order valence-electron chi connectivity index (χ3n) is 3.82. The van der Waals surface area contributed by atoms with Crippen molar-refractivity contribution < 1.29 is 13.9 Å². The Bertz CT molecular complexity index is 836. The van der Waals surface area contributed by atoms with Crippen LogP contribution in [0.25, 0.3) is 10.8 Å². The monoisotopic (exact) mass is 424 g/mol. The van der Waals surface area contributed by atoms with Crippen molar-refractivity contribution in [1.29, 1.82) is 0 Å². The maximum absolute atomic E-state index is 14.0. The summed E-state index contributed by atoms with van der Waals surface area (Å²) in [4.78, 5) is 7.50. The minimum atomic E-state index is -0.262. The molecular formula is C18H18BrFN2O2S. The van der Waals surface area contributed by atoms with Crippen molar-refractivity contribution >= 4 is 27.3 Å². The second-order valence-electron chi connectivity index (χ2n) is 5.67. The Labute approximate surface area is 158 Å². The van der Waals surface area contributed by atoms with E-state index in [0.29, 0.717) is 31.1 Å². The minimum absolute atomic E-state index is 0.00962. The average Bonchev–Trinajstić information content (AvgIpc) is 3.21. The van der Waals surface area contributed by atoms with Crippen molar-refractivity contribution in [2.75, 3.05) is 13.2 Å². The second kappa shape index (κ2) is 8.23. The number of aliphatic hydroxyl groups is 1. The molecule has 0 radical (unpaired) electrons. The highest BCUT2D eigenvalue weighted by molar-refractivity contribution is 9.10. The Balaban J connectivity index is 1.79. The van der Waals surface area contributed by atoms with Crippen LogP contribution < -0.4 is 0 Å². The normalized spacial score (nSPS) is 11.4. The van der Waals surface area contributed by atoms with E-state index in [0.717, 1.165) is 20.8 Å². The molecule has 0 unspecified atom stereocenters. The van der Waals surface area contributed by atoms with Crippen molar-refractivity contribution in [1.82, 2.24) is 9.88 Å². The van der Waals surface area contributed by atoms with Crippen LogP contribution in [0.1, 0.15) is 17.0 Å². The molecule has 3 aromatic rings. The quantitative estimate of drug-likeness (QED) is 0.601. The molecule has 0 bridgehead atoms. The van der Waals surface area contributed by atoms with Crippen LogP contribution in [0, 0.1) is 12.7 Å². The molecule has 0 atom stereocenters. The van der Waals surface area contributed by atoms with E-state index in [9.17, 15) is 9.50 Å². The van der Waals surface area contributed by atoms with Gasteiger partial charge in [0, 0.05) is 29.7 Å². The van der Waals surface area contributed by atoms with Crippen LogP contribution in [0.4, 0.5) is 4.39 Å². The molecule has 0 aliphatic rings. The molecular weight excluding hydrogens is 407 g/mol. The highest BCUT2D eigenvalue weighted by Gasteiger charge is 2.17. The van der Waals surface area contributed by atoms with E-state index < -0.39 is 0 Å². The van der Waals surface area contributed by atoms with Gasteiger partial charge in [0.25, 0.3) is 0 Å². The lowest BCUT2D eigenvalue weighted by molar-refractivity contribution is 0.181. The van der Waals surface area contributed by atoms with Gasteiger partial charge in [-0.25, -0.2) is 9.37 Å². The SMILES string of the molecule is Cc1oc(-c2cccs2)nc1CN(CCO)Cc1cc(Br)ccc1F. The van der Waals surface area contributed by atoms with Gasteiger partial charge in [0.2, 0.25) is 5.89 Å². The Morgan fingerprint density at radius 2 is 2.16 bits per heavy atom. The van der Waals surface area contributed by atoms with Crippen LogP contribution in [0.5, 0.6) is 0 Å². The molecule has 4 nitrogen and oxygen atoms in total. The van der Waals surface area contributed by atoms with E-state index in [4.69, 9.17) is 4.42 Å². The number of halogens is 2. The molecule has 2 heterocycles. The zero-order chi connectivity index (χ0) is 17.8. The molecule has 0 saturated heterocycles. The Kier molecular flexibility index (Phi) is 6.01. The summed E-state index contributed by atoms with van der Waals surface area (Å²) in [5.74, 6) is 1.07. The van der Waals surface area contributed by atoms with Gasteiger partial charge in [-0.1, -0.05) is 22.0 Å². The van der Waals surface area contributed by atoms with Gasteiger partial charge in [-0.05, 0) is 36.6 Å². The summed E-state index contributed by atoms with van der Waals surface area (Å²) in [6.45, 7) is 3.15. The van der Waals surface area contributed by atoms with E-state index >= 15 is 0 Å². The van der Waals surface area contributed by atoms with Gasteiger partial charge in [-0.2, -0.15) is 0 Å². The smallest absolute Gasteiger partial charge is 0.236 e. The number of thiophene rings is 1. The number of aryl methyl sites for hydroxylation is 1. The molecule has 7 heteroatoms. The Morgan fingerprint density at radius 3 is 2.88 bits per heavy atom. The molecule has 132 valence electrons. The number of hydrogen-bond acceptors (Lipinski definition) is 5. The highest BCUT2D eigenvalue weighted by atomic mass is 79.9. The van der Waals surface area contributed by atoms with Crippen LogP contribution in [0.15, 0.2) is 44.6 Å². The molecule has 0 spiro atoms. The van der Waals surface area contributed by atoms with Gasteiger partial charge in [-0.15, -0.1) is 11.3 Å². The number of nitrogens with zero attached hydrogens (tertiary/aromatic N) is 2. The van der Waals surface area contributed by atoms with Gasteiger partial charge in [-0.3, -0.25) is 4.90 Å². The van der Waals surface area contributed by atoms with Crippen molar-refractivity contribution in [2.45, 2.75) is 20.0 Å². The number of aliphatic hydroxyl groups excluding tert-OH is 1. The molecule has 25 heavy (non-hydrogen) atoms. The molecule has 3 rings (SSSR count). The number of hydrogen-bond donors (Lipinski definition) is 1. The van der Waals surface area contributed by atoms with E-state index in [1.54, 1.807) is 23.5 Å². The van der Waals surface area contributed by atoms with Crippen molar-refractivity contribution in [3.05, 3.63) is 63.0 Å². The Hall–Kier alpha value is -1.54. The van der Waals surface area contributed by atoms with Crippen LogP contribution in [-0.2, 0) is 13.1 Å². The maximum Gasteiger partial charge on any atom is 0.236 e. The summed E-state index contributed by atoms with van der Waals surface area (Å²) in [6.07, 6.45) is 0. The third-order valence-corrected chi connectivity index (χ3v) is 5.17. The summed E-state index contributed by atoms with van der Waals surface area (Å²) in [7, 11) is 0. The second-order valence-corrected chi connectivity index (χ2v) is 7.53. The topological polar surface area (TPSA) is 49.5 Å². The van der Waals surface area contributed by atoms with E-state index in [1.165, 1.54) is 6.07 Å². The van der Waals surface area contributed by atoms with Gasteiger partial charge in [0.05, 0.1) is 17.2 Å². The van der Waals surface area contributed by atoms with Gasteiger partial charge >= 0.3 is 0 Å². The first-order valence-corrected chi connectivity index (χ1v) is 9.51. The van der Waals surface area contributed by atoms with E-state index in [-0.39, 0.29) is 12.4 Å². The van der Waals surface area contributed by atoms with Crippen LogP contribution in [0.3, 0.4) is 0 Å². The lowest BCUT2D eigenvalue weighted by Crippen LogP contribution is -2.27. The zero-order valence-electron chi connectivity index (χ0n) is 13.7. The molecule has 0 fully saturated rings. The van der Waals surface area contributed by atoms with Crippen molar-refractivity contribution in [3.63, 3.8) is 0 Å². The minimum Gasteiger partial charge on any atom is -0.440 e. The molecule has 0 amide bonds. The van der Waals surface area contributed by atoms with Crippen molar-refractivity contribution in [3.8, 4) is 10.8 Å². The van der Waals surface area contributed by atoms with Gasteiger partial charge in [0.1, 0.15) is 11.6 Å². The summed E-state index contributed by atoms with van der Waals surface area (Å²) in [6, 6.07) is 8.78. The van der Waals surface area contributed by atoms with E-state index in [1.807, 2.05) is 29.3 Å². The van der Waals surface area contributed by atoms with Crippen LogP contribution in [0.2, 0.25) is 0 Å². The van der Waals surface area contributed by atoms with Gasteiger partial charge in [0.15, 0.2) is 0 Å². The summed E-state index contributed by atoms with van der Waals surface area (Å²) >= 11 is 4.94. The molecule has 1 aromatic carbocycles. The standard InChI is InChI=1S/C18H18BrFN2O2S/c1-12-16(21-18(24-12)17-3-2-8-25-17)11-22(6-7-23)10-13-9-14(19)4-5-15(13)20/h2-5,8-9,23H,6-7,10-11H2,1H3. The molecule has 1 N–H and O–H groups in total. The summed E-state index contributed by atoms with van der Waals surface area (Å²) in [5.41, 5.74) is 1.37. The fourth-order valence-corrected chi connectivity index (χ4v) is 3.61. The third kappa shape index (κ3) is 4.55. The van der Waals surface area contributed by atoms with Crippen LogP contribution in [-0.4, -0.2) is 28.1 Å². The molecule has 2 aromatic heterocycles. The summed E-state index contributed by atoms with van der Waals surface area (Å²) in [5, 5.41) is 11.3. The van der Waals surface area contributed by atoms with E-state index in [2.05, 4.69) is 20.9 Å². The largest absolute Gasteiger partial charge is 0.440 e. The molecule has 0 aliphatic carbocycles. The Morgan fingerprint density at radius 1 is 1.32 bits per heavy atom. The lowest BCUT2D eigenvalue weighted by atomic mass is 10.2. The van der Waals surface area contributed by atoms with Crippen LogP contribution >= 0.6 is 27.3 Å². The van der Waals surface area contributed by atoms with Crippen molar-refractivity contribution in [2.24, 2.45) is 0 Å². The average molecular weight is 425 g/mol. The van der Waals surface area contributed by atoms with Gasteiger partial charge < -0.3 is 9.52 Å². The predicted molar refractivity (Wildman–Crippen MR) is 99.9 cm³/mol. The molecule has 0 aliphatic heterocycles.